The van der Waals surface area contributed by atoms with E-state index >= 15 is 0 Å². The molecule has 1 aliphatic rings. The van der Waals surface area contributed by atoms with E-state index in [9.17, 15) is 4.79 Å². The number of carbonyl (C=O) groups is 1. The van der Waals surface area contributed by atoms with Crippen molar-refractivity contribution in [3.63, 3.8) is 0 Å². The molecule has 2 heterocycles. The first-order valence-electron chi connectivity index (χ1n) is 6.30. The zero-order valence-electron chi connectivity index (χ0n) is 10.6. The number of amides is 1. The zero-order chi connectivity index (χ0) is 12.8. The van der Waals surface area contributed by atoms with Gasteiger partial charge in [0.2, 0.25) is 5.91 Å². The molecule has 0 aromatic carbocycles. The minimum absolute atomic E-state index is 0.00116. The zero-order valence-corrected chi connectivity index (χ0v) is 11.4. The molecule has 0 radical (unpaired) electrons. The Balaban J connectivity index is 1.70. The number of carbonyl (C=O) groups excluding carboxylic acids is 1. The molecule has 0 bridgehead atoms. The van der Waals surface area contributed by atoms with E-state index in [1.54, 1.807) is 11.3 Å². The van der Waals surface area contributed by atoms with Gasteiger partial charge in [-0.15, -0.1) is 11.3 Å². The van der Waals surface area contributed by atoms with Crippen molar-refractivity contribution in [2.24, 2.45) is 0 Å². The molecule has 1 atom stereocenters. The van der Waals surface area contributed by atoms with Crippen LogP contribution in [0, 0.1) is 0 Å². The van der Waals surface area contributed by atoms with Crippen LogP contribution in [0.3, 0.4) is 0 Å². The Morgan fingerprint density at radius 2 is 2.61 bits per heavy atom. The Kier molecular flexibility index (Phi) is 5.10. The molecule has 18 heavy (non-hydrogen) atoms. The van der Waals surface area contributed by atoms with E-state index in [-0.39, 0.29) is 12.0 Å². The van der Waals surface area contributed by atoms with Crippen LogP contribution >= 0.6 is 11.3 Å². The number of rotatable bonds is 5. The van der Waals surface area contributed by atoms with Gasteiger partial charge < -0.3 is 15.4 Å². The highest BCUT2D eigenvalue weighted by molar-refractivity contribution is 7.11. The first-order valence-corrected chi connectivity index (χ1v) is 7.12. The topological polar surface area (TPSA) is 63.2 Å². The lowest BCUT2D eigenvalue weighted by Gasteiger charge is -2.22. The molecular formula is C12H19N3O2S. The lowest BCUT2D eigenvalue weighted by molar-refractivity contribution is -0.124. The summed E-state index contributed by atoms with van der Waals surface area (Å²) in [6.45, 7) is 4.93. The predicted molar refractivity (Wildman–Crippen MR) is 70.6 cm³/mol. The molecule has 1 aromatic heterocycles. The van der Waals surface area contributed by atoms with E-state index < -0.39 is 0 Å². The third-order valence-corrected chi connectivity index (χ3v) is 3.95. The molecule has 2 N–H and O–H groups in total. The molecule has 2 rings (SSSR count). The Morgan fingerprint density at radius 1 is 1.72 bits per heavy atom. The van der Waals surface area contributed by atoms with E-state index in [1.165, 1.54) is 4.88 Å². The van der Waals surface area contributed by atoms with Crippen LogP contribution in [0.4, 0.5) is 0 Å². The molecule has 6 heteroatoms. The van der Waals surface area contributed by atoms with E-state index in [0.29, 0.717) is 19.6 Å². The van der Waals surface area contributed by atoms with Crippen molar-refractivity contribution in [2.45, 2.75) is 32.4 Å². The summed E-state index contributed by atoms with van der Waals surface area (Å²) in [5.74, 6) is 0.0250. The van der Waals surface area contributed by atoms with Crippen molar-refractivity contribution in [1.29, 1.82) is 0 Å². The van der Waals surface area contributed by atoms with Gasteiger partial charge in [0.05, 0.1) is 25.7 Å². The summed E-state index contributed by atoms with van der Waals surface area (Å²) in [5.41, 5.74) is 0. The van der Waals surface area contributed by atoms with Crippen LogP contribution in [-0.2, 0) is 22.5 Å². The molecule has 0 aliphatic carbocycles. The number of thiazole rings is 1. The highest BCUT2D eigenvalue weighted by Gasteiger charge is 2.17. The molecule has 5 nitrogen and oxygen atoms in total. The van der Waals surface area contributed by atoms with Gasteiger partial charge in [0, 0.05) is 24.2 Å². The van der Waals surface area contributed by atoms with Crippen molar-refractivity contribution in [2.75, 3.05) is 19.7 Å². The summed E-state index contributed by atoms with van der Waals surface area (Å²) in [6.07, 6.45) is 3.29. The van der Waals surface area contributed by atoms with Gasteiger partial charge in [-0.2, -0.15) is 0 Å². The molecule has 0 saturated carbocycles. The second kappa shape index (κ2) is 6.82. The van der Waals surface area contributed by atoms with Gasteiger partial charge in [0.25, 0.3) is 0 Å². The van der Waals surface area contributed by atoms with Crippen molar-refractivity contribution in [3.05, 3.63) is 16.1 Å². The van der Waals surface area contributed by atoms with E-state index in [0.717, 1.165) is 24.5 Å². The molecule has 100 valence electrons. The number of aryl methyl sites for hydroxylation is 1. The number of nitrogens with one attached hydrogen (secondary N) is 2. The van der Waals surface area contributed by atoms with Crippen molar-refractivity contribution >= 4 is 17.2 Å². The van der Waals surface area contributed by atoms with Crippen LogP contribution in [0.5, 0.6) is 0 Å². The first-order chi connectivity index (χ1) is 8.78. The molecule has 1 amide bonds. The molecule has 1 aromatic rings. The van der Waals surface area contributed by atoms with Crippen LogP contribution in [0.15, 0.2) is 6.20 Å². The maximum atomic E-state index is 11.7. The quantitative estimate of drug-likeness (QED) is 0.826. The number of aromatic nitrogens is 1. The smallest absolute Gasteiger partial charge is 0.223 e. The molecular weight excluding hydrogens is 250 g/mol. The van der Waals surface area contributed by atoms with Gasteiger partial charge in [-0.05, 0) is 6.42 Å². The second-order valence-corrected chi connectivity index (χ2v) is 5.45. The Hall–Kier alpha value is -0.980. The van der Waals surface area contributed by atoms with E-state index in [2.05, 4.69) is 22.5 Å². The number of nitrogens with zero attached hydrogens (tertiary/aromatic N) is 1. The van der Waals surface area contributed by atoms with Gasteiger partial charge in [0.15, 0.2) is 0 Å². The summed E-state index contributed by atoms with van der Waals surface area (Å²) in [6, 6.07) is 0. The maximum Gasteiger partial charge on any atom is 0.223 e. The highest BCUT2D eigenvalue weighted by atomic mass is 32.1. The Labute approximate surface area is 111 Å². The summed E-state index contributed by atoms with van der Waals surface area (Å²) >= 11 is 1.65. The van der Waals surface area contributed by atoms with Crippen molar-refractivity contribution in [3.8, 4) is 0 Å². The average Bonchev–Trinajstić information content (AvgIpc) is 2.85. The normalized spacial score (nSPS) is 19.7. The number of morpholine rings is 1. The minimum atomic E-state index is 0.00116. The lowest BCUT2D eigenvalue weighted by Crippen LogP contribution is -2.41. The largest absolute Gasteiger partial charge is 0.375 e. The van der Waals surface area contributed by atoms with Crippen LogP contribution in [0.2, 0.25) is 0 Å². The summed E-state index contributed by atoms with van der Waals surface area (Å²) in [7, 11) is 0. The van der Waals surface area contributed by atoms with E-state index in [1.807, 2.05) is 6.20 Å². The summed E-state index contributed by atoms with van der Waals surface area (Å²) < 4.78 is 5.49. The molecule has 0 spiro atoms. The van der Waals surface area contributed by atoms with Gasteiger partial charge in [-0.1, -0.05) is 6.92 Å². The standard InChI is InChI=1S/C12H19N3O2S/c1-2-10-7-15-12(18-10)8-14-11(16)5-9-6-13-3-4-17-9/h7,9,13H,2-6,8H2,1H3,(H,14,16). The second-order valence-electron chi connectivity index (χ2n) is 4.25. The van der Waals surface area contributed by atoms with Gasteiger partial charge >= 0.3 is 0 Å². The number of hydrogen-bond donors (Lipinski definition) is 2. The minimum Gasteiger partial charge on any atom is -0.375 e. The van der Waals surface area contributed by atoms with Crippen LogP contribution < -0.4 is 10.6 Å². The van der Waals surface area contributed by atoms with Crippen molar-refractivity contribution < 1.29 is 9.53 Å². The summed E-state index contributed by atoms with van der Waals surface area (Å²) in [4.78, 5) is 17.2. The van der Waals surface area contributed by atoms with Gasteiger partial charge in [-0.3, -0.25) is 4.79 Å². The summed E-state index contributed by atoms with van der Waals surface area (Å²) in [5, 5.41) is 7.06. The van der Waals surface area contributed by atoms with Crippen LogP contribution in [-0.4, -0.2) is 36.7 Å². The molecule has 1 saturated heterocycles. The number of hydrogen-bond acceptors (Lipinski definition) is 5. The van der Waals surface area contributed by atoms with E-state index in [4.69, 9.17) is 4.74 Å². The van der Waals surface area contributed by atoms with Crippen LogP contribution in [0.1, 0.15) is 23.2 Å². The highest BCUT2D eigenvalue weighted by Crippen LogP contribution is 2.13. The van der Waals surface area contributed by atoms with Gasteiger partial charge in [-0.25, -0.2) is 4.98 Å². The predicted octanol–water partition coefficient (Wildman–Crippen LogP) is 0.700. The number of ether oxygens (including phenoxy) is 1. The van der Waals surface area contributed by atoms with Crippen LogP contribution in [0.25, 0.3) is 0 Å². The Morgan fingerprint density at radius 3 is 3.28 bits per heavy atom. The fourth-order valence-corrected chi connectivity index (χ4v) is 2.60. The fourth-order valence-electron chi connectivity index (χ4n) is 1.80. The monoisotopic (exact) mass is 269 g/mol. The maximum absolute atomic E-state index is 11.7. The molecule has 1 fully saturated rings. The van der Waals surface area contributed by atoms with Gasteiger partial charge in [0.1, 0.15) is 5.01 Å². The first kappa shape index (κ1) is 13.5. The average molecular weight is 269 g/mol. The SMILES string of the molecule is CCc1cnc(CNC(=O)CC2CNCCO2)s1. The third kappa shape index (κ3) is 4.04. The molecule has 1 aliphatic heterocycles. The Bertz CT molecular complexity index is 388. The van der Waals surface area contributed by atoms with Crippen molar-refractivity contribution in [1.82, 2.24) is 15.6 Å². The fraction of sp³-hybridized carbons (Fsp3) is 0.667. The molecule has 1 unspecified atom stereocenters. The lowest BCUT2D eigenvalue weighted by atomic mass is 10.2. The third-order valence-electron chi connectivity index (χ3n) is 2.80.